The van der Waals surface area contributed by atoms with Gasteiger partial charge in [0, 0.05) is 17.0 Å². The van der Waals surface area contributed by atoms with Crippen molar-refractivity contribution in [3.8, 4) is 0 Å². The first-order valence-electron chi connectivity index (χ1n) is 8.87. The molecule has 2 aliphatic carbocycles. The van der Waals surface area contributed by atoms with Crippen LogP contribution in [0.5, 0.6) is 0 Å². The van der Waals surface area contributed by atoms with E-state index in [0.29, 0.717) is 17.8 Å². The number of primary sulfonamides is 1. The first kappa shape index (κ1) is 17.2. The Morgan fingerprint density at radius 3 is 2.36 bits per heavy atom. The van der Waals surface area contributed by atoms with Gasteiger partial charge in [0.2, 0.25) is 10.0 Å². The van der Waals surface area contributed by atoms with Gasteiger partial charge in [0.15, 0.2) is 0 Å². The van der Waals surface area contributed by atoms with Crippen molar-refractivity contribution in [1.29, 1.82) is 0 Å². The van der Waals surface area contributed by atoms with Crippen LogP contribution in [-0.4, -0.2) is 13.4 Å². The summed E-state index contributed by atoms with van der Waals surface area (Å²) in [4.78, 5) is 6.37. The highest BCUT2D eigenvalue weighted by atomic mass is 32.2. The molecule has 25 heavy (non-hydrogen) atoms. The van der Waals surface area contributed by atoms with Crippen LogP contribution in [0.1, 0.15) is 72.7 Å². The Hall–Kier alpha value is -1.24. The van der Waals surface area contributed by atoms with Crippen molar-refractivity contribution >= 4 is 21.4 Å². The van der Waals surface area contributed by atoms with Crippen LogP contribution in [0.2, 0.25) is 0 Å². The molecule has 2 aliphatic rings. The standard InChI is InChI=1S/C19H24N2O2S2/c1-19(2)16(13-7-9-14(10-8-13)25(20,22)23)17(19)18-21-11-15(24-18)12-5-3-4-6-12/h7-12,16-17H,3-6H2,1-2H3,(H2,20,22,23)/t16-,17+/m1/s1. The van der Waals surface area contributed by atoms with Crippen LogP contribution in [0.25, 0.3) is 0 Å². The summed E-state index contributed by atoms with van der Waals surface area (Å²) >= 11 is 1.88. The van der Waals surface area contributed by atoms with Crippen LogP contribution in [0, 0.1) is 5.41 Å². The molecule has 4 rings (SSSR count). The first-order chi connectivity index (χ1) is 11.8. The van der Waals surface area contributed by atoms with Gasteiger partial charge >= 0.3 is 0 Å². The molecular weight excluding hydrogens is 352 g/mol. The van der Waals surface area contributed by atoms with Crippen molar-refractivity contribution in [3.05, 3.63) is 45.9 Å². The largest absolute Gasteiger partial charge is 0.249 e. The second kappa shape index (κ2) is 5.89. The van der Waals surface area contributed by atoms with Crippen molar-refractivity contribution < 1.29 is 8.42 Å². The van der Waals surface area contributed by atoms with E-state index in [2.05, 4.69) is 20.0 Å². The molecule has 2 N–H and O–H groups in total. The normalized spacial score (nSPS) is 26.0. The summed E-state index contributed by atoms with van der Waals surface area (Å²) in [5.41, 5.74) is 1.31. The predicted octanol–water partition coefficient (Wildman–Crippen LogP) is 4.36. The molecule has 1 heterocycles. The Kier molecular flexibility index (Phi) is 4.05. The maximum absolute atomic E-state index is 11.4. The molecular formula is C19H24N2O2S2. The molecule has 0 bridgehead atoms. The van der Waals surface area contributed by atoms with Crippen LogP contribution in [-0.2, 0) is 10.0 Å². The lowest BCUT2D eigenvalue weighted by Gasteiger charge is -2.04. The van der Waals surface area contributed by atoms with E-state index in [1.807, 2.05) is 23.5 Å². The third-order valence-electron chi connectivity index (χ3n) is 5.96. The average Bonchev–Trinajstić information content (AvgIpc) is 3.03. The number of hydrogen-bond donors (Lipinski definition) is 1. The molecule has 4 nitrogen and oxygen atoms in total. The molecule has 0 spiro atoms. The van der Waals surface area contributed by atoms with Gasteiger partial charge in [-0.25, -0.2) is 18.5 Å². The van der Waals surface area contributed by atoms with Gasteiger partial charge in [-0.05, 0) is 47.8 Å². The number of nitrogens with zero attached hydrogens (tertiary/aromatic N) is 1. The highest BCUT2D eigenvalue weighted by molar-refractivity contribution is 7.89. The zero-order chi connectivity index (χ0) is 17.8. The maximum atomic E-state index is 11.4. The molecule has 2 fully saturated rings. The minimum atomic E-state index is -3.64. The van der Waals surface area contributed by atoms with Gasteiger partial charge in [0.05, 0.1) is 9.90 Å². The Bertz CT molecular complexity index is 878. The second-order valence-electron chi connectivity index (χ2n) is 7.97. The molecule has 0 aliphatic heterocycles. The van der Waals surface area contributed by atoms with Gasteiger partial charge in [-0.2, -0.15) is 0 Å². The van der Waals surface area contributed by atoms with E-state index < -0.39 is 10.0 Å². The van der Waals surface area contributed by atoms with E-state index in [1.165, 1.54) is 41.1 Å². The minimum Gasteiger partial charge on any atom is -0.249 e. The van der Waals surface area contributed by atoms with Gasteiger partial charge in [-0.15, -0.1) is 11.3 Å². The van der Waals surface area contributed by atoms with Gasteiger partial charge in [0.1, 0.15) is 0 Å². The van der Waals surface area contributed by atoms with Crippen molar-refractivity contribution in [3.63, 3.8) is 0 Å². The lowest BCUT2D eigenvalue weighted by Crippen LogP contribution is -2.11. The molecule has 2 atom stereocenters. The summed E-state index contributed by atoms with van der Waals surface area (Å²) in [5, 5.41) is 6.43. The Morgan fingerprint density at radius 2 is 1.76 bits per heavy atom. The lowest BCUT2D eigenvalue weighted by molar-refractivity contribution is 0.597. The van der Waals surface area contributed by atoms with E-state index >= 15 is 0 Å². The summed E-state index contributed by atoms with van der Waals surface area (Å²) < 4.78 is 22.9. The van der Waals surface area contributed by atoms with Crippen LogP contribution in [0.4, 0.5) is 0 Å². The number of aromatic nitrogens is 1. The molecule has 2 aromatic rings. The summed E-state index contributed by atoms with van der Waals surface area (Å²) in [5.74, 6) is 1.50. The lowest BCUT2D eigenvalue weighted by atomic mass is 10.0. The third kappa shape index (κ3) is 3.04. The number of hydrogen-bond acceptors (Lipinski definition) is 4. The average molecular weight is 377 g/mol. The van der Waals surface area contributed by atoms with Crippen molar-refractivity contribution in [2.24, 2.45) is 10.6 Å². The smallest absolute Gasteiger partial charge is 0.238 e. The highest BCUT2D eigenvalue weighted by Gasteiger charge is 2.60. The van der Waals surface area contributed by atoms with Crippen LogP contribution in [0.15, 0.2) is 35.4 Å². The van der Waals surface area contributed by atoms with Crippen LogP contribution < -0.4 is 5.14 Å². The van der Waals surface area contributed by atoms with Crippen LogP contribution >= 0.6 is 11.3 Å². The number of nitrogens with two attached hydrogens (primary N) is 1. The summed E-state index contributed by atoms with van der Waals surface area (Å²) in [6, 6.07) is 7.03. The number of sulfonamides is 1. The molecule has 0 unspecified atom stereocenters. The molecule has 0 radical (unpaired) electrons. The quantitative estimate of drug-likeness (QED) is 0.862. The van der Waals surface area contributed by atoms with Crippen LogP contribution in [0.3, 0.4) is 0 Å². The van der Waals surface area contributed by atoms with E-state index in [1.54, 1.807) is 12.1 Å². The topological polar surface area (TPSA) is 73.1 Å². The fraction of sp³-hybridized carbons (Fsp3) is 0.526. The minimum absolute atomic E-state index is 0.147. The maximum Gasteiger partial charge on any atom is 0.238 e. The van der Waals surface area contributed by atoms with E-state index in [9.17, 15) is 8.42 Å². The van der Waals surface area contributed by atoms with E-state index in [0.717, 1.165) is 0 Å². The van der Waals surface area contributed by atoms with Gasteiger partial charge in [-0.3, -0.25) is 0 Å². The van der Waals surface area contributed by atoms with Crippen molar-refractivity contribution in [2.45, 2.75) is 62.2 Å². The fourth-order valence-corrected chi connectivity index (χ4v) is 6.37. The Morgan fingerprint density at radius 1 is 1.12 bits per heavy atom. The van der Waals surface area contributed by atoms with Gasteiger partial charge in [-0.1, -0.05) is 38.8 Å². The molecule has 6 heteroatoms. The van der Waals surface area contributed by atoms with Gasteiger partial charge < -0.3 is 0 Å². The van der Waals surface area contributed by atoms with Crippen molar-refractivity contribution in [1.82, 2.24) is 4.98 Å². The number of rotatable bonds is 4. The molecule has 0 saturated heterocycles. The molecule has 2 saturated carbocycles. The highest BCUT2D eigenvalue weighted by Crippen LogP contribution is 2.70. The van der Waals surface area contributed by atoms with E-state index in [4.69, 9.17) is 10.1 Å². The van der Waals surface area contributed by atoms with E-state index in [-0.39, 0.29) is 10.3 Å². The molecule has 1 aromatic heterocycles. The monoisotopic (exact) mass is 376 g/mol. The Labute approximate surface area is 153 Å². The first-order valence-corrected chi connectivity index (χ1v) is 11.2. The second-order valence-corrected chi connectivity index (χ2v) is 10.6. The molecule has 1 aromatic carbocycles. The zero-order valence-corrected chi connectivity index (χ0v) is 16.2. The summed E-state index contributed by atoms with van der Waals surface area (Å²) in [7, 11) is -3.64. The van der Waals surface area contributed by atoms with Gasteiger partial charge in [0.25, 0.3) is 0 Å². The third-order valence-corrected chi connectivity index (χ3v) is 8.13. The molecule has 134 valence electrons. The predicted molar refractivity (Wildman–Crippen MR) is 100 cm³/mol. The summed E-state index contributed by atoms with van der Waals surface area (Å²) in [6.07, 6.45) is 7.37. The van der Waals surface area contributed by atoms with Crippen molar-refractivity contribution in [2.75, 3.05) is 0 Å². The SMILES string of the molecule is CC1(C)[C@H](c2ccc(S(N)(=O)=O)cc2)[C@H]1c1ncc(C2CCCC2)s1. The Balaban J connectivity index is 1.57. The zero-order valence-electron chi connectivity index (χ0n) is 14.6. The molecule has 0 amide bonds. The number of benzene rings is 1. The number of thiazole rings is 1. The summed E-state index contributed by atoms with van der Waals surface area (Å²) in [6.45, 7) is 4.54. The fourth-order valence-electron chi connectivity index (χ4n) is 4.43.